The summed E-state index contributed by atoms with van der Waals surface area (Å²) in [6, 6.07) is 0. The van der Waals surface area contributed by atoms with E-state index in [9.17, 15) is 0 Å². The van der Waals surface area contributed by atoms with E-state index in [1.54, 1.807) is 24.8 Å². The Hall–Kier alpha value is -1.48. The predicted molar refractivity (Wildman–Crippen MR) is 65.0 cm³/mol. The second kappa shape index (κ2) is 9.09. The van der Waals surface area contributed by atoms with Crippen molar-refractivity contribution in [1.82, 2.24) is 9.80 Å². The second-order valence-electron chi connectivity index (χ2n) is 2.82. The fourth-order valence-corrected chi connectivity index (χ4v) is 0.956. The van der Waals surface area contributed by atoms with Gasteiger partial charge in [-0.15, -0.1) is 0 Å². The molecule has 0 spiro atoms. The highest BCUT2D eigenvalue weighted by Crippen LogP contribution is 1.91. The summed E-state index contributed by atoms with van der Waals surface area (Å²) < 4.78 is 5.43. The smallest absolute Gasteiger partial charge is 0.0646 e. The van der Waals surface area contributed by atoms with Crippen molar-refractivity contribution in [2.45, 2.75) is 0 Å². The summed E-state index contributed by atoms with van der Waals surface area (Å²) in [6.45, 7) is 17.5. The first-order chi connectivity index (χ1) is 7.28. The summed E-state index contributed by atoms with van der Waals surface area (Å²) in [4.78, 5) is 3.75. The summed E-state index contributed by atoms with van der Waals surface area (Å²) in [5, 5.41) is 0. The van der Waals surface area contributed by atoms with Gasteiger partial charge >= 0.3 is 0 Å². The van der Waals surface area contributed by atoms with E-state index in [2.05, 4.69) is 26.3 Å². The molecule has 15 heavy (non-hydrogen) atoms. The van der Waals surface area contributed by atoms with E-state index in [-0.39, 0.29) is 0 Å². The largest absolute Gasteiger partial charge is 0.378 e. The first-order valence-electron chi connectivity index (χ1n) is 4.88. The third kappa shape index (κ3) is 6.57. The van der Waals surface area contributed by atoms with E-state index in [1.165, 1.54) is 0 Å². The van der Waals surface area contributed by atoms with Crippen molar-refractivity contribution < 1.29 is 4.74 Å². The molecule has 0 aromatic rings. The first kappa shape index (κ1) is 13.5. The predicted octanol–water partition coefficient (Wildman–Crippen LogP) is 2.18. The van der Waals surface area contributed by atoms with Crippen LogP contribution in [0.3, 0.4) is 0 Å². The summed E-state index contributed by atoms with van der Waals surface area (Å²) >= 11 is 0. The van der Waals surface area contributed by atoms with Crippen LogP contribution in [0.15, 0.2) is 51.1 Å². The molecule has 0 unspecified atom stereocenters. The number of rotatable bonds is 10. The summed E-state index contributed by atoms with van der Waals surface area (Å²) in [5.41, 5.74) is 0. The van der Waals surface area contributed by atoms with Crippen molar-refractivity contribution in [3.8, 4) is 0 Å². The van der Waals surface area contributed by atoms with Crippen LogP contribution in [0, 0.1) is 0 Å². The van der Waals surface area contributed by atoms with Crippen LogP contribution in [-0.2, 0) is 4.74 Å². The Bertz CT molecular complexity index is 176. The zero-order valence-electron chi connectivity index (χ0n) is 9.27. The molecule has 0 fully saturated rings. The maximum absolute atomic E-state index is 5.43. The zero-order chi connectivity index (χ0) is 11.5. The molecule has 0 radical (unpaired) electrons. The molecule has 0 aliphatic carbocycles. The Morgan fingerprint density at radius 3 is 1.33 bits per heavy atom. The van der Waals surface area contributed by atoms with Crippen molar-refractivity contribution in [2.24, 2.45) is 0 Å². The standard InChI is InChI=1S/C12H20N2O/c1-5-13(6-2)9-11-15-12-10-14(7-3)8-4/h5-8H,1-4,9-12H2. The Labute approximate surface area is 92.6 Å². The molecule has 0 rings (SSSR count). The van der Waals surface area contributed by atoms with Crippen molar-refractivity contribution in [2.75, 3.05) is 26.3 Å². The van der Waals surface area contributed by atoms with E-state index in [0.29, 0.717) is 13.2 Å². The third-order valence-electron chi connectivity index (χ3n) is 1.93. The molecule has 0 aromatic carbocycles. The van der Waals surface area contributed by atoms with Crippen LogP contribution in [0.2, 0.25) is 0 Å². The fraction of sp³-hybridized carbons (Fsp3) is 0.333. The van der Waals surface area contributed by atoms with Crippen molar-refractivity contribution in [3.05, 3.63) is 51.1 Å². The Balaban J connectivity index is 3.45. The van der Waals surface area contributed by atoms with Gasteiger partial charge < -0.3 is 14.5 Å². The van der Waals surface area contributed by atoms with Gasteiger partial charge in [-0.25, -0.2) is 0 Å². The van der Waals surface area contributed by atoms with Crippen LogP contribution < -0.4 is 0 Å². The molecule has 0 saturated heterocycles. The first-order valence-corrected chi connectivity index (χ1v) is 4.88. The minimum atomic E-state index is 0.653. The van der Waals surface area contributed by atoms with E-state index < -0.39 is 0 Å². The van der Waals surface area contributed by atoms with Crippen molar-refractivity contribution in [3.63, 3.8) is 0 Å². The van der Waals surface area contributed by atoms with Crippen LogP contribution in [0.4, 0.5) is 0 Å². The molecule has 0 atom stereocenters. The summed E-state index contributed by atoms with van der Waals surface area (Å²) in [5.74, 6) is 0. The Kier molecular flexibility index (Phi) is 8.19. The third-order valence-corrected chi connectivity index (χ3v) is 1.93. The van der Waals surface area contributed by atoms with Gasteiger partial charge in [0.05, 0.1) is 13.2 Å². The molecule has 84 valence electrons. The quantitative estimate of drug-likeness (QED) is 0.512. The lowest BCUT2D eigenvalue weighted by Gasteiger charge is -2.16. The molecular weight excluding hydrogens is 188 g/mol. The lowest BCUT2D eigenvalue weighted by molar-refractivity contribution is 0.116. The molecule has 0 bridgehead atoms. The zero-order valence-corrected chi connectivity index (χ0v) is 9.27. The van der Waals surface area contributed by atoms with Crippen LogP contribution in [0.1, 0.15) is 0 Å². The highest BCUT2D eigenvalue weighted by molar-refractivity contribution is 4.81. The number of hydrogen-bond donors (Lipinski definition) is 0. The topological polar surface area (TPSA) is 15.7 Å². The maximum Gasteiger partial charge on any atom is 0.0646 e. The number of nitrogens with zero attached hydrogens (tertiary/aromatic N) is 2. The van der Waals surface area contributed by atoms with Crippen molar-refractivity contribution >= 4 is 0 Å². The van der Waals surface area contributed by atoms with Gasteiger partial charge in [0.15, 0.2) is 0 Å². The van der Waals surface area contributed by atoms with Crippen LogP contribution in [0.5, 0.6) is 0 Å². The van der Waals surface area contributed by atoms with Gasteiger partial charge in [-0.1, -0.05) is 26.3 Å². The molecule has 3 nitrogen and oxygen atoms in total. The van der Waals surface area contributed by atoms with E-state index in [0.717, 1.165) is 13.1 Å². The maximum atomic E-state index is 5.43. The lowest BCUT2D eigenvalue weighted by atomic mass is 10.5. The van der Waals surface area contributed by atoms with Gasteiger partial charge in [0.2, 0.25) is 0 Å². The van der Waals surface area contributed by atoms with Gasteiger partial charge in [0.25, 0.3) is 0 Å². The minimum absolute atomic E-state index is 0.653. The highest BCUT2D eigenvalue weighted by Gasteiger charge is 1.95. The van der Waals surface area contributed by atoms with E-state index in [1.807, 2.05) is 9.80 Å². The van der Waals surface area contributed by atoms with Gasteiger partial charge in [0.1, 0.15) is 0 Å². The normalized spacial score (nSPS) is 9.07. The summed E-state index contributed by atoms with van der Waals surface area (Å²) in [7, 11) is 0. The van der Waals surface area contributed by atoms with Crippen LogP contribution >= 0.6 is 0 Å². The number of hydrogen-bond acceptors (Lipinski definition) is 3. The van der Waals surface area contributed by atoms with Crippen LogP contribution in [-0.4, -0.2) is 36.1 Å². The second-order valence-corrected chi connectivity index (χ2v) is 2.82. The van der Waals surface area contributed by atoms with Gasteiger partial charge in [-0.2, -0.15) is 0 Å². The molecule has 3 heteroatoms. The molecule has 0 aliphatic rings. The summed E-state index contributed by atoms with van der Waals surface area (Å²) in [6.07, 6.45) is 6.87. The monoisotopic (exact) mass is 208 g/mol. The molecule has 0 aliphatic heterocycles. The molecule has 0 amide bonds. The average Bonchev–Trinajstić information content (AvgIpc) is 2.29. The lowest BCUT2D eigenvalue weighted by Crippen LogP contribution is -2.20. The number of ether oxygens (including phenoxy) is 1. The van der Waals surface area contributed by atoms with Gasteiger partial charge in [-0.05, 0) is 24.8 Å². The minimum Gasteiger partial charge on any atom is -0.378 e. The molecule has 0 saturated carbocycles. The molecule has 0 N–H and O–H groups in total. The van der Waals surface area contributed by atoms with E-state index >= 15 is 0 Å². The SMILES string of the molecule is C=CN(C=C)CCOCCN(C=C)C=C. The van der Waals surface area contributed by atoms with Crippen molar-refractivity contribution in [1.29, 1.82) is 0 Å². The molecular formula is C12H20N2O. The fourth-order valence-electron chi connectivity index (χ4n) is 0.956. The Morgan fingerprint density at radius 2 is 1.07 bits per heavy atom. The van der Waals surface area contributed by atoms with E-state index in [4.69, 9.17) is 4.74 Å². The van der Waals surface area contributed by atoms with Gasteiger partial charge in [0, 0.05) is 13.1 Å². The van der Waals surface area contributed by atoms with Gasteiger partial charge in [-0.3, -0.25) is 0 Å². The Morgan fingerprint density at radius 1 is 0.733 bits per heavy atom. The molecule has 0 aromatic heterocycles. The average molecular weight is 208 g/mol. The molecule has 0 heterocycles. The highest BCUT2D eigenvalue weighted by atomic mass is 16.5. The van der Waals surface area contributed by atoms with Crippen LogP contribution in [0.25, 0.3) is 0 Å².